The first-order valence-electron chi connectivity index (χ1n) is 7.06. The summed E-state index contributed by atoms with van der Waals surface area (Å²) in [4.78, 5) is 12.3. The Kier molecular flexibility index (Phi) is 5.59. The molecule has 1 unspecified atom stereocenters. The number of aromatic nitrogens is 1. The van der Waals surface area contributed by atoms with Crippen molar-refractivity contribution in [1.29, 1.82) is 0 Å². The van der Waals surface area contributed by atoms with E-state index in [1.807, 2.05) is 47.2 Å². The van der Waals surface area contributed by atoms with Gasteiger partial charge in [-0.2, -0.15) is 0 Å². The van der Waals surface area contributed by atoms with Gasteiger partial charge in [-0.3, -0.25) is 4.79 Å². The standard InChI is InChI=1S/C16H20BrN3O/c1-2-8-20-11-13(17)9-15(20)16(21)19-10-14(18)12-6-4-3-5-7-12/h3-7,9,11,14H,2,8,10,18H2,1H3,(H,19,21). The number of carbonyl (C=O) groups excluding carboxylic acids is 1. The van der Waals surface area contributed by atoms with Gasteiger partial charge in [0.05, 0.1) is 0 Å². The minimum Gasteiger partial charge on any atom is -0.349 e. The Labute approximate surface area is 133 Å². The van der Waals surface area contributed by atoms with Crippen LogP contribution in [0.1, 0.15) is 35.4 Å². The van der Waals surface area contributed by atoms with E-state index in [-0.39, 0.29) is 11.9 Å². The lowest BCUT2D eigenvalue weighted by atomic mass is 10.1. The highest BCUT2D eigenvalue weighted by molar-refractivity contribution is 9.10. The van der Waals surface area contributed by atoms with E-state index in [9.17, 15) is 4.79 Å². The Bertz CT molecular complexity index is 595. The van der Waals surface area contributed by atoms with Gasteiger partial charge in [-0.1, -0.05) is 37.3 Å². The molecule has 5 heteroatoms. The second-order valence-electron chi connectivity index (χ2n) is 4.96. The molecule has 0 saturated heterocycles. The number of amides is 1. The Balaban J connectivity index is 1.99. The predicted molar refractivity (Wildman–Crippen MR) is 88.1 cm³/mol. The highest BCUT2D eigenvalue weighted by atomic mass is 79.9. The molecule has 3 N–H and O–H groups in total. The van der Waals surface area contributed by atoms with Crippen molar-refractivity contribution in [3.8, 4) is 0 Å². The molecule has 2 aromatic rings. The second-order valence-corrected chi connectivity index (χ2v) is 5.88. The molecule has 112 valence electrons. The molecule has 4 nitrogen and oxygen atoms in total. The fourth-order valence-electron chi connectivity index (χ4n) is 2.20. The van der Waals surface area contributed by atoms with Crippen molar-refractivity contribution in [2.24, 2.45) is 5.73 Å². The summed E-state index contributed by atoms with van der Waals surface area (Å²) in [6.07, 6.45) is 2.90. The summed E-state index contributed by atoms with van der Waals surface area (Å²) in [6, 6.07) is 11.4. The molecule has 0 aliphatic heterocycles. The van der Waals surface area contributed by atoms with Crippen LogP contribution in [0.25, 0.3) is 0 Å². The summed E-state index contributed by atoms with van der Waals surface area (Å²) in [5.41, 5.74) is 7.77. The zero-order valence-electron chi connectivity index (χ0n) is 12.1. The van der Waals surface area contributed by atoms with E-state index in [1.165, 1.54) is 0 Å². The van der Waals surface area contributed by atoms with Crippen LogP contribution in [0.15, 0.2) is 47.1 Å². The maximum atomic E-state index is 12.3. The zero-order chi connectivity index (χ0) is 15.2. The van der Waals surface area contributed by atoms with Crippen LogP contribution in [-0.2, 0) is 6.54 Å². The van der Waals surface area contributed by atoms with Crippen molar-refractivity contribution < 1.29 is 4.79 Å². The lowest BCUT2D eigenvalue weighted by Gasteiger charge is -2.14. The molecule has 0 aliphatic carbocycles. The van der Waals surface area contributed by atoms with Crippen LogP contribution in [0.2, 0.25) is 0 Å². The Morgan fingerprint density at radius 1 is 1.38 bits per heavy atom. The molecular formula is C16H20BrN3O. The maximum Gasteiger partial charge on any atom is 0.268 e. The zero-order valence-corrected chi connectivity index (χ0v) is 13.6. The number of nitrogens with one attached hydrogen (secondary N) is 1. The minimum atomic E-state index is -0.201. The summed E-state index contributed by atoms with van der Waals surface area (Å²) >= 11 is 3.41. The Morgan fingerprint density at radius 3 is 2.76 bits per heavy atom. The van der Waals surface area contributed by atoms with Gasteiger partial charge in [0.15, 0.2) is 0 Å². The minimum absolute atomic E-state index is 0.0967. The van der Waals surface area contributed by atoms with Crippen LogP contribution >= 0.6 is 15.9 Å². The summed E-state index contributed by atoms with van der Waals surface area (Å²) in [6.45, 7) is 3.32. The number of halogens is 1. The van der Waals surface area contributed by atoms with E-state index in [0.29, 0.717) is 12.2 Å². The van der Waals surface area contributed by atoms with Crippen molar-refractivity contribution >= 4 is 21.8 Å². The normalized spacial score (nSPS) is 12.1. The lowest BCUT2D eigenvalue weighted by Crippen LogP contribution is -2.33. The molecule has 21 heavy (non-hydrogen) atoms. The molecule has 0 fully saturated rings. The molecule has 0 spiro atoms. The number of rotatable bonds is 6. The number of benzene rings is 1. The fraction of sp³-hybridized carbons (Fsp3) is 0.312. The van der Waals surface area contributed by atoms with Crippen molar-refractivity contribution in [1.82, 2.24) is 9.88 Å². The number of nitrogens with zero attached hydrogens (tertiary/aromatic N) is 1. The molecule has 1 aromatic heterocycles. The Morgan fingerprint density at radius 2 is 2.10 bits per heavy atom. The van der Waals surface area contributed by atoms with Gasteiger partial charge in [0.2, 0.25) is 0 Å². The van der Waals surface area contributed by atoms with Crippen LogP contribution in [0.3, 0.4) is 0 Å². The molecule has 1 heterocycles. The highest BCUT2D eigenvalue weighted by Gasteiger charge is 2.14. The number of hydrogen-bond donors (Lipinski definition) is 2. The van der Waals surface area contributed by atoms with Gasteiger partial charge in [-0.25, -0.2) is 0 Å². The smallest absolute Gasteiger partial charge is 0.268 e. The average molecular weight is 350 g/mol. The molecule has 1 aromatic carbocycles. The van der Waals surface area contributed by atoms with Gasteiger partial charge in [-0.05, 0) is 34.0 Å². The van der Waals surface area contributed by atoms with Gasteiger partial charge < -0.3 is 15.6 Å². The first kappa shape index (κ1) is 15.8. The van der Waals surface area contributed by atoms with Crippen molar-refractivity contribution in [2.45, 2.75) is 25.9 Å². The molecule has 0 saturated carbocycles. The van der Waals surface area contributed by atoms with Gasteiger partial charge in [0, 0.05) is 29.8 Å². The monoisotopic (exact) mass is 349 g/mol. The van der Waals surface area contributed by atoms with Crippen LogP contribution < -0.4 is 11.1 Å². The highest BCUT2D eigenvalue weighted by Crippen LogP contribution is 2.16. The van der Waals surface area contributed by atoms with Crippen LogP contribution in [-0.4, -0.2) is 17.0 Å². The number of aryl methyl sites for hydroxylation is 1. The topological polar surface area (TPSA) is 60.0 Å². The SMILES string of the molecule is CCCn1cc(Br)cc1C(=O)NCC(N)c1ccccc1. The molecule has 0 radical (unpaired) electrons. The van der Waals surface area contributed by atoms with E-state index in [4.69, 9.17) is 5.73 Å². The summed E-state index contributed by atoms with van der Waals surface area (Å²) in [5, 5.41) is 2.90. The summed E-state index contributed by atoms with van der Waals surface area (Å²) in [5.74, 6) is -0.0967. The van der Waals surface area contributed by atoms with E-state index in [1.54, 1.807) is 0 Å². The summed E-state index contributed by atoms with van der Waals surface area (Å²) in [7, 11) is 0. The van der Waals surface area contributed by atoms with Crippen LogP contribution in [0, 0.1) is 0 Å². The van der Waals surface area contributed by atoms with E-state index in [2.05, 4.69) is 28.2 Å². The quantitative estimate of drug-likeness (QED) is 0.841. The van der Waals surface area contributed by atoms with Crippen LogP contribution in [0.5, 0.6) is 0 Å². The van der Waals surface area contributed by atoms with Gasteiger partial charge in [0.25, 0.3) is 5.91 Å². The Hall–Kier alpha value is -1.59. The molecule has 0 bridgehead atoms. The summed E-state index contributed by atoms with van der Waals surface area (Å²) < 4.78 is 2.86. The van der Waals surface area contributed by atoms with E-state index < -0.39 is 0 Å². The van der Waals surface area contributed by atoms with Crippen molar-refractivity contribution in [3.63, 3.8) is 0 Å². The van der Waals surface area contributed by atoms with Gasteiger partial charge in [0.1, 0.15) is 5.69 Å². The number of nitrogens with two attached hydrogens (primary N) is 1. The third-order valence-corrected chi connectivity index (χ3v) is 3.70. The van der Waals surface area contributed by atoms with Crippen molar-refractivity contribution in [3.05, 3.63) is 58.3 Å². The third kappa shape index (κ3) is 4.19. The molecule has 1 atom stereocenters. The number of hydrogen-bond acceptors (Lipinski definition) is 2. The molecule has 2 rings (SSSR count). The lowest BCUT2D eigenvalue weighted by molar-refractivity contribution is 0.0942. The predicted octanol–water partition coefficient (Wildman–Crippen LogP) is 3.09. The van der Waals surface area contributed by atoms with Gasteiger partial charge in [-0.15, -0.1) is 0 Å². The van der Waals surface area contributed by atoms with Crippen LogP contribution in [0.4, 0.5) is 0 Å². The first-order valence-corrected chi connectivity index (χ1v) is 7.85. The molecule has 1 amide bonds. The first-order chi connectivity index (χ1) is 10.1. The third-order valence-electron chi connectivity index (χ3n) is 3.27. The fourth-order valence-corrected chi connectivity index (χ4v) is 2.67. The second kappa shape index (κ2) is 7.43. The molecule has 0 aliphatic rings. The molecular weight excluding hydrogens is 330 g/mol. The maximum absolute atomic E-state index is 12.3. The van der Waals surface area contributed by atoms with Gasteiger partial charge >= 0.3 is 0 Å². The van der Waals surface area contributed by atoms with Crippen molar-refractivity contribution in [2.75, 3.05) is 6.54 Å². The average Bonchev–Trinajstić information content (AvgIpc) is 2.86. The van der Waals surface area contributed by atoms with E-state index in [0.717, 1.165) is 23.0 Å². The van der Waals surface area contributed by atoms with E-state index >= 15 is 0 Å². The largest absolute Gasteiger partial charge is 0.349 e. The number of carbonyl (C=O) groups is 1.